The number of nitrogens with zero attached hydrogens (tertiary/aromatic N) is 2. The third-order valence-corrected chi connectivity index (χ3v) is 8.55. The van der Waals surface area contributed by atoms with Crippen LogP contribution in [0.2, 0.25) is 5.02 Å². The highest BCUT2D eigenvalue weighted by Gasteiger charge is 2.33. The van der Waals surface area contributed by atoms with Crippen LogP contribution in [0.3, 0.4) is 0 Å². The van der Waals surface area contributed by atoms with Gasteiger partial charge in [-0.1, -0.05) is 80.4 Å². The maximum atomic E-state index is 14.0. The number of anilines is 1. The number of amides is 2. The number of unbranched alkanes of at least 4 members (excludes halogenated alkanes) is 1. The molecule has 7 nitrogen and oxygen atoms in total. The fourth-order valence-corrected chi connectivity index (χ4v) is 5.89. The molecule has 0 spiro atoms. The van der Waals surface area contributed by atoms with E-state index in [0.717, 1.165) is 28.3 Å². The first-order valence-electron chi connectivity index (χ1n) is 13.1. The smallest absolute Gasteiger partial charge is 0.264 e. The van der Waals surface area contributed by atoms with E-state index in [9.17, 15) is 18.0 Å². The topological polar surface area (TPSA) is 86.8 Å². The highest BCUT2D eigenvalue weighted by atomic mass is 35.5. The molecule has 0 unspecified atom stereocenters. The number of hydrogen-bond donors (Lipinski definition) is 1. The van der Waals surface area contributed by atoms with Crippen LogP contribution in [-0.2, 0) is 26.2 Å². The fraction of sp³-hybridized carbons (Fsp3) is 0.333. The average molecular weight is 570 g/mol. The Kier molecular flexibility index (Phi) is 10.9. The number of halogens is 1. The molecule has 9 heteroatoms. The van der Waals surface area contributed by atoms with Crippen LogP contribution < -0.4 is 9.62 Å². The van der Waals surface area contributed by atoms with Gasteiger partial charge in [0.2, 0.25) is 11.8 Å². The normalized spacial score (nSPS) is 12.0. The van der Waals surface area contributed by atoms with Crippen LogP contribution in [-0.4, -0.2) is 44.3 Å². The van der Waals surface area contributed by atoms with Crippen molar-refractivity contribution in [1.82, 2.24) is 10.2 Å². The average Bonchev–Trinajstić information content (AvgIpc) is 2.93. The first-order valence-corrected chi connectivity index (χ1v) is 15.0. The van der Waals surface area contributed by atoms with Gasteiger partial charge in [0, 0.05) is 18.1 Å². The monoisotopic (exact) mass is 569 g/mol. The third kappa shape index (κ3) is 7.83. The Balaban J connectivity index is 2.03. The van der Waals surface area contributed by atoms with Gasteiger partial charge in [0.25, 0.3) is 10.0 Å². The SMILES string of the molecule is CCCCNC(=O)[C@@H](CC)N(Cc1ccccc1C)C(=O)CN(c1cccc(Cl)c1)S(=O)(=O)c1ccccc1. The summed E-state index contributed by atoms with van der Waals surface area (Å²) >= 11 is 6.21. The standard InChI is InChI=1S/C30H36ClN3O4S/c1-4-6-19-32-30(36)28(5-2)33(21-24-14-11-10-13-23(24)3)29(35)22-34(26-16-12-15-25(31)20-26)39(37,38)27-17-8-7-9-18-27/h7-18,20,28H,4-6,19,21-22H2,1-3H3,(H,32,36)/t28-/m1/s1. The van der Waals surface area contributed by atoms with Crippen LogP contribution in [0.15, 0.2) is 83.8 Å². The zero-order valence-electron chi connectivity index (χ0n) is 22.6. The molecule has 3 aromatic carbocycles. The van der Waals surface area contributed by atoms with Crippen LogP contribution in [0, 0.1) is 6.92 Å². The van der Waals surface area contributed by atoms with Crippen LogP contribution in [0.25, 0.3) is 0 Å². The summed E-state index contributed by atoms with van der Waals surface area (Å²) in [6.45, 7) is 6.00. The summed E-state index contributed by atoms with van der Waals surface area (Å²) in [5.41, 5.74) is 2.11. The molecule has 0 aromatic heterocycles. The largest absolute Gasteiger partial charge is 0.354 e. The van der Waals surface area contributed by atoms with E-state index in [1.807, 2.05) is 45.0 Å². The molecule has 0 aliphatic carbocycles. The summed E-state index contributed by atoms with van der Waals surface area (Å²) in [5.74, 6) is -0.747. The summed E-state index contributed by atoms with van der Waals surface area (Å²) in [7, 11) is -4.12. The highest BCUT2D eigenvalue weighted by molar-refractivity contribution is 7.92. The number of carbonyl (C=O) groups excluding carboxylic acids is 2. The molecular formula is C30H36ClN3O4S. The van der Waals surface area contributed by atoms with Gasteiger partial charge in [0.05, 0.1) is 10.6 Å². The van der Waals surface area contributed by atoms with Gasteiger partial charge in [-0.05, 0) is 61.2 Å². The number of benzene rings is 3. The maximum Gasteiger partial charge on any atom is 0.264 e. The molecular weight excluding hydrogens is 534 g/mol. The van der Waals surface area contributed by atoms with Crippen molar-refractivity contribution in [3.63, 3.8) is 0 Å². The number of hydrogen-bond acceptors (Lipinski definition) is 4. The van der Waals surface area contributed by atoms with Gasteiger partial charge in [-0.25, -0.2) is 8.42 Å². The molecule has 0 aliphatic heterocycles. The van der Waals surface area contributed by atoms with E-state index in [4.69, 9.17) is 11.6 Å². The van der Waals surface area contributed by atoms with Crippen molar-refractivity contribution < 1.29 is 18.0 Å². The molecule has 0 saturated carbocycles. The Bertz CT molecular complexity index is 1370. The van der Waals surface area contributed by atoms with Gasteiger partial charge in [0.15, 0.2) is 0 Å². The highest BCUT2D eigenvalue weighted by Crippen LogP contribution is 2.27. The van der Waals surface area contributed by atoms with E-state index >= 15 is 0 Å². The number of rotatable bonds is 13. The van der Waals surface area contributed by atoms with Crippen LogP contribution in [0.5, 0.6) is 0 Å². The minimum absolute atomic E-state index is 0.0487. The lowest BCUT2D eigenvalue weighted by Gasteiger charge is -2.33. The van der Waals surface area contributed by atoms with Crippen molar-refractivity contribution in [3.05, 3.63) is 95.0 Å². The van der Waals surface area contributed by atoms with E-state index in [0.29, 0.717) is 18.0 Å². The molecule has 1 atom stereocenters. The minimum Gasteiger partial charge on any atom is -0.354 e. The van der Waals surface area contributed by atoms with Crippen LogP contribution in [0.4, 0.5) is 5.69 Å². The van der Waals surface area contributed by atoms with E-state index in [1.165, 1.54) is 23.1 Å². The second-order valence-electron chi connectivity index (χ2n) is 9.32. The lowest BCUT2D eigenvalue weighted by Crippen LogP contribution is -2.52. The number of aryl methyl sites for hydroxylation is 1. The predicted octanol–water partition coefficient (Wildman–Crippen LogP) is 5.57. The van der Waals surface area contributed by atoms with Gasteiger partial charge in [-0.3, -0.25) is 13.9 Å². The molecule has 0 radical (unpaired) electrons. The zero-order valence-corrected chi connectivity index (χ0v) is 24.2. The summed E-state index contributed by atoms with van der Waals surface area (Å²) in [4.78, 5) is 28.8. The first kappa shape index (κ1) is 30.2. The van der Waals surface area contributed by atoms with E-state index in [-0.39, 0.29) is 23.0 Å². The van der Waals surface area contributed by atoms with Gasteiger partial charge in [-0.15, -0.1) is 0 Å². The number of carbonyl (C=O) groups is 2. The van der Waals surface area contributed by atoms with Gasteiger partial charge in [0.1, 0.15) is 12.6 Å². The molecule has 3 aromatic rings. The Morgan fingerprint density at radius 3 is 2.28 bits per heavy atom. The minimum atomic E-state index is -4.12. The van der Waals surface area contributed by atoms with Crippen molar-refractivity contribution in [2.24, 2.45) is 0 Å². The molecule has 0 bridgehead atoms. The summed E-state index contributed by atoms with van der Waals surface area (Å²) in [6.07, 6.45) is 2.12. The number of sulfonamides is 1. The van der Waals surface area contributed by atoms with Crippen molar-refractivity contribution in [1.29, 1.82) is 0 Å². The van der Waals surface area contributed by atoms with Crippen molar-refractivity contribution in [2.75, 3.05) is 17.4 Å². The lowest BCUT2D eigenvalue weighted by atomic mass is 10.1. The Morgan fingerprint density at radius 2 is 1.64 bits per heavy atom. The lowest BCUT2D eigenvalue weighted by molar-refractivity contribution is -0.140. The first-order chi connectivity index (χ1) is 18.7. The van der Waals surface area contributed by atoms with Crippen molar-refractivity contribution in [3.8, 4) is 0 Å². The van der Waals surface area contributed by atoms with Crippen molar-refractivity contribution in [2.45, 2.75) is 57.5 Å². The maximum absolute atomic E-state index is 14.0. The van der Waals surface area contributed by atoms with Gasteiger partial charge < -0.3 is 10.2 Å². The molecule has 0 heterocycles. The van der Waals surface area contributed by atoms with E-state index in [2.05, 4.69) is 5.32 Å². The summed E-state index contributed by atoms with van der Waals surface area (Å²) < 4.78 is 28.6. The van der Waals surface area contributed by atoms with Gasteiger partial charge in [-0.2, -0.15) is 0 Å². The predicted molar refractivity (Wildman–Crippen MR) is 156 cm³/mol. The Labute approximate surface area is 236 Å². The number of nitrogens with one attached hydrogen (secondary N) is 1. The van der Waals surface area contributed by atoms with Crippen molar-refractivity contribution >= 4 is 39.1 Å². The molecule has 3 rings (SSSR count). The second kappa shape index (κ2) is 14.1. The molecule has 0 saturated heterocycles. The summed E-state index contributed by atoms with van der Waals surface area (Å²) in [6, 6.07) is 21.2. The zero-order chi connectivity index (χ0) is 28.4. The third-order valence-electron chi connectivity index (χ3n) is 6.52. The van der Waals surface area contributed by atoms with E-state index < -0.39 is 28.5 Å². The van der Waals surface area contributed by atoms with Crippen LogP contribution in [0.1, 0.15) is 44.2 Å². The van der Waals surface area contributed by atoms with E-state index in [1.54, 1.807) is 36.4 Å². The molecule has 0 aliphatic rings. The second-order valence-corrected chi connectivity index (χ2v) is 11.6. The Hall–Kier alpha value is -3.36. The van der Waals surface area contributed by atoms with Crippen LogP contribution >= 0.6 is 11.6 Å². The molecule has 208 valence electrons. The molecule has 0 fully saturated rings. The Morgan fingerprint density at radius 1 is 0.949 bits per heavy atom. The molecule has 1 N–H and O–H groups in total. The fourth-order valence-electron chi connectivity index (χ4n) is 4.28. The molecule has 2 amide bonds. The van der Waals surface area contributed by atoms with Gasteiger partial charge >= 0.3 is 0 Å². The quantitative estimate of drug-likeness (QED) is 0.273. The molecule has 39 heavy (non-hydrogen) atoms. The summed E-state index contributed by atoms with van der Waals surface area (Å²) in [5, 5.41) is 3.28.